The number of fused-ring (bicyclic) bond motifs is 1. The zero-order valence-corrected chi connectivity index (χ0v) is 15.3. The molecule has 0 radical (unpaired) electrons. The average molecular weight is 356 g/mol. The second-order valence-electron chi connectivity index (χ2n) is 6.59. The third-order valence-corrected chi connectivity index (χ3v) is 4.60. The monoisotopic (exact) mass is 356 g/mol. The van der Waals surface area contributed by atoms with Gasteiger partial charge in [-0.2, -0.15) is 0 Å². The van der Waals surface area contributed by atoms with Crippen molar-refractivity contribution >= 4 is 16.8 Å². The van der Waals surface area contributed by atoms with Gasteiger partial charge in [-0.05, 0) is 43.7 Å². The second kappa shape index (κ2) is 7.08. The number of furan rings is 1. The summed E-state index contributed by atoms with van der Waals surface area (Å²) in [5, 5.41) is 3.91. The highest BCUT2D eigenvalue weighted by atomic mass is 16.3. The molecular formula is C23H20N2O2. The summed E-state index contributed by atoms with van der Waals surface area (Å²) in [6.07, 6.45) is 0. The zero-order valence-electron chi connectivity index (χ0n) is 15.3. The molecule has 1 amide bonds. The molecular weight excluding hydrogens is 336 g/mol. The van der Waals surface area contributed by atoms with Crippen LogP contribution in [0.5, 0.6) is 0 Å². The number of para-hydroxylation sites is 1. The molecule has 0 saturated heterocycles. The summed E-state index contributed by atoms with van der Waals surface area (Å²) in [4.78, 5) is 17.7. The molecule has 0 fully saturated rings. The lowest BCUT2D eigenvalue weighted by Gasteiger charge is -2.15. The molecule has 0 aliphatic carbocycles. The number of carbonyl (C=O) groups is 1. The van der Waals surface area contributed by atoms with Crippen molar-refractivity contribution in [2.45, 2.75) is 19.9 Å². The molecule has 2 heterocycles. The first-order valence-corrected chi connectivity index (χ1v) is 8.94. The third kappa shape index (κ3) is 3.47. The minimum absolute atomic E-state index is 0.0973. The van der Waals surface area contributed by atoms with Gasteiger partial charge in [0, 0.05) is 5.39 Å². The average Bonchev–Trinajstić information content (AvgIpc) is 3.14. The van der Waals surface area contributed by atoms with Crippen LogP contribution in [0.4, 0.5) is 0 Å². The molecule has 0 unspecified atom stereocenters. The predicted molar refractivity (Wildman–Crippen MR) is 107 cm³/mol. The summed E-state index contributed by atoms with van der Waals surface area (Å²) in [6.45, 7) is 3.87. The summed E-state index contributed by atoms with van der Waals surface area (Å²) in [5.74, 6) is 1.33. The molecule has 4 rings (SSSR count). The lowest BCUT2D eigenvalue weighted by molar-refractivity contribution is 0.0941. The molecule has 0 aliphatic heterocycles. The number of aromatic nitrogens is 1. The van der Waals surface area contributed by atoms with Crippen molar-refractivity contribution in [3.05, 3.63) is 89.7 Å². The highest BCUT2D eigenvalue weighted by Gasteiger charge is 2.17. The normalized spacial score (nSPS) is 12.1. The molecule has 4 heteroatoms. The van der Waals surface area contributed by atoms with Crippen LogP contribution in [0, 0.1) is 6.92 Å². The van der Waals surface area contributed by atoms with Crippen LogP contribution in [0.3, 0.4) is 0 Å². The van der Waals surface area contributed by atoms with Gasteiger partial charge < -0.3 is 9.73 Å². The van der Waals surface area contributed by atoms with Crippen LogP contribution in [0.2, 0.25) is 0 Å². The van der Waals surface area contributed by atoms with Crippen molar-refractivity contribution in [1.82, 2.24) is 10.3 Å². The number of nitrogens with zero attached hydrogens (tertiary/aromatic N) is 1. The Morgan fingerprint density at radius 1 is 1.00 bits per heavy atom. The maximum atomic E-state index is 13.1. The van der Waals surface area contributed by atoms with E-state index >= 15 is 0 Å². The van der Waals surface area contributed by atoms with E-state index in [1.54, 1.807) is 6.07 Å². The minimum Gasteiger partial charge on any atom is -0.460 e. The number of hydrogen-bond donors (Lipinski definition) is 1. The molecule has 0 spiro atoms. The molecule has 27 heavy (non-hydrogen) atoms. The van der Waals surface area contributed by atoms with Gasteiger partial charge in [0.1, 0.15) is 11.5 Å². The van der Waals surface area contributed by atoms with Gasteiger partial charge in [-0.25, -0.2) is 4.98 Å². The molecule has 1 N–H and O–H groups in total. The number of hydrogen-bond acceptors (Lipinski definition) is 3. The molecule has 0 bridgehead atoms. The third-order valence-electron chi connectivity index (χ3n) is 4.60. The topological polar surface area (TPSA) is 55.1 Å². The van der Waals surface area contributed by atoms with E-state index in [9.17, 15) is 4.79 Å². The SMILES string of the molecule is Cc1ccc(-c2cc(C(=O)N[C@H](C)c3ccccc3)c3ccccc3n2)o1. The Labute approximate surface area is 157 Å². The Hall–Kier alpha value is -3.40. The summed E-state index contributed by atoms with van der Waals surface area (Å²) < 4.78 is 5.71. The van der Waals surface area contributed by atoms with Crippen LogP contribution >= 0.6 is 0 Å². The van der Waals surface area contributed by atoms with Crippen LogP contribution in [0.1, 0.15) is 34.6 Å². The molecule has 2 aromatic heterocycles. The summed E-state index contributed by atoms with van der Waals surface area (Å²) in [6, 6.07) is 23.0. The van der Waals surface area contributed by atoms with Crippen molar-refractivity contribution in [3.63, 3.8) is 0 Å². The van der Waals surface area contributed by atoms with Gasteiger partial charge in [0.25, 0.3) is 5.91 Å². The Morgan fingerprint density at radius 3 is 2.48 bits per heavy atom. The van der Waals surface area contributed by atoms with Crippen LogP contribution < -0.4 is 5.32 Å². The number of rotatable bonds is 4. The predicted octanol–water partition coefficient (Wildman–Crippen LogP) is 5.29. The second-order valence-corrected chi connectivity index (χ2v) is 6.59. The molecule has 4 nitrogen and oxygen atoms in total. The highest BCUT2D eigenvalue weighted by Crippen LogP contribution is 2.26. The first kappa shape index (κ1) is 17.0. The summed E-state index contributed by atoms with van der Waals surface area (Å²) >= 11 is 0. The minimum atomic E-state index is -0.130. The Balaban J connectivity index is 1.74. The van der Waals surface area contributed by atoms with Gasteiger partial charge >= 0.3 is 0 Å². The van der Waals surface area contributed by atoms with Crippen LogP contribution in [-0.2, 0) is 0 Å². The van der Waals surface area contributed by atoms with E-state index in [1.165, 1.54) is 0 Å². The molecule has 2 aromatic carbocycles. The van der Waals surface area contributed by atoms with Crippen molar-refractivity contribution < 1.29 is 9.21 Å². The fourth-order valence-corrected chi connectivity index (χ4v) is 3.16. The van der Waals surface area contributed by atoms with Gasteiger partial charge in [-0.1, -0.05) is 48.5 Å². The number of amides is 1. The van der Waals surface area contributed by atoms with E-state index in [4.69, 9.17) is 4.42 Å². The van der Waals surface area contributed by atoms with E-state index < -0.39 is 0 Å². The largest absolute Gasteiger partial charge is 0.460 e. The first-order chi connectivity index (χ1) is 13.1. The van der Waals surface area contributed by atoms with Crippen LogP contribution in [0.15, 0.2) is 77.2 Å². The van der Waals surface area contributed by atoms with E-state index in [1.807, 2.05) is 80.6 Å². The fraction of sp³-hybridized carbons (Fsp3) is 0.130. The van der Waals surface area contributed by atoms with Crippen molar-refractivity contribution in [2.24, 2.45) is 0 Å². The van der Waals surface area contributed by atoms with E-state index in [0.29, 0.717) is 17.0 Å². The molecule has 4 aromatic rings. The fourth-order valence-electron chi connectivity index (χ4n) is 3.16. The van der Waals surface area contributed by atoms with E-state index in [2.05, 4.69) is 10.3 Å². The number of nitrogens with one attached hydrogen (secondary N) is 1. The van der Waals surface area contributed by atoms with E-state index in [0.717, 1.165) is 22.2 Å². The number of aryl methyl sites for hydroxylation is 1. The lowest BCUT2D eigenvalue weighted by Crippen LogP contribution is -2.27. The maximum absolute atomic E-state index is 13.1. The summed E-state index contributed by atoms with van der Waals surface area (Å²) in [5.41, 5.74) is 3.07. The first-order valence-electron chi connectivity index (χ1n) is 8.94. The van der Waals surface area contributed by atoms with Crippen molar-refractivity contribution in [3.8, 4) is 11.5 Å². The Kier molecular flexibility index (Phi) is 4.47. The number of benzene rings is 2. The molecule has 0 saturated carbocycles. The Bertz CT molecular complexity index is 1100. The van der Waals surface area contributed by atoms with Gasteiger partial charge in [0.2, 0.25) is 0 Å². The lowest BCUT2D eigenvalue weighted by atomic mass is 10.0. The zero-order chi connectivity index (χ0) is 18.8. The van der Waals surface area contributed by atoms with Gasteiger partial charge in [0.15, 0.2) is 5.76 Å². The number of pyridine rings is 1. The van der Waals surface area contributed by atoms with Gasteiger partial charge in [-0.15, -0.1) is 0 Å². The van der Waals surface area contributed by atoms with Crippen LogP contribution in [-0.4, -0.2) is 10.9 Å². The van der Waals surface area contributed by atoms with Crippen molar-refractivity contribution in [2.75, 3.05) is 0 Å². The number of carbonyl (C=O) groups excluding carboxylic acids is 1. The molecule has 1 atom stereocenters. The maximum Gasteiger partial charge on any atom is 0.252 e. The summed E-state index contributed by atoms with van der Waals surface area (Å²) in [7, 11) is 0. The molecule has 134 valence electrons. The Morgan fingerprint density at radius 2 is 1.74 bits per heavy atom. The smallest absolute Gasteiger partial charge is 0.252 e. The molecule has 0 aliphatic rings. The van der Waals surface area contributed by atoms with Crippen molar-refractivity contribution in [1.29, 1.82) is 0 Å². The van der Waals surface area contributed by atoms with E-state index in [-0.39, 0.29) is 11.9 Å². The standard InChI is InChI=1S/C23H20N2O2/c1-15-12-13-22(27-15)21-14-19(18-10-6-7-11-20(18)25-21)23(26)24-16(2)17-8-4-3-5-9-17/h3-14,16H,1-2H3,(H,24,26)/t16-/m1/s1. The van der Waals surface area contributed by atoms with Crippen LogP contribution in [0.25, 0.3) is 22.4 Å². The van der Waals surface area contributed by atoms with Gasteiger partial charge in [0.05, 0.1) is 17.1 Å². The highest BCUT2D eigenvalue weighted by molar-refractivity contribution is 6.07. The van der Waals surface area contributed by atoms with Gasteiger partial charge in [-0.3, -0.25) is 4.79 Å². The quantitative estimate of drug-likeness (QED) is 0.540.